The maximum atomic E-state index is 6.13. The van der Waals surface area contributed by atoms with Gasteiger partial charge in [-0.05, 0) is 50.2 Å². The van der Waals surface area contributed by atoms with Gasteiger partial charge in [0.2, 0.25) is 0 Å². The molecule has 23 heavy (non-hydrogen) atoms. The number of nitrogens with one attached hydrogen (secondary N) is 1. The number of pyridine rings is 1. The minimum Gasteiger partial charge on any atom is -1.00 e. The first-order valence-corrected chi connectivity index (χ1v) is 7.61. The van der Waals surface area contributed by atoms with E-state index in [1.165, 1.54) is 0 Å². The quantitative estimate of drug-likeness (QED) is 0.786. The van der Waals surface area contributed by atoms with Gasteiger partial charge in [0.05, 0.1) is 17.8 Å². The number of benzene rings is 2. The number of rotatable bonds is 4. The highest BCUT2D eigenvalue weighted by molar-refractivity contribution is 6.31. The number of aryl methyl sites for hydroxylation is 1. The average molecular weight is 348 g/mol. The van der Waals surface area contributed by atoms with Crippen LogP contribution in [-0.4, -0.2) is 11.6 Å². The molecule has 0 saturated carbocycles. The van der Waals surface area contributed by atoms with Crippen LogP contribution >= 0.6 is 11.6 Å². The molecule has 0 aliphatic rings. The molecule has 0 atom stereocenters. The zero-order valence-electron chi connectivity index (χ0n) is 12.9. The van der Waals surface area contributed by atoms with Crippen LogP contribution in [0.15, 0.2) is 48.5 Å². The zero-order chi connectivity index (χ0) is 15.5. The molecular formula is C18H17Cl2N2O-. The highest BCUT2D eigenvalue weighted by atomic mass is 35.5. The molecule has 0 bridgehead atoms. The van der Waals surface area contributed by atoms with E-state index < -0.39 is 0 Å². The van der Waals surface area contributed by atoms with Gasteiger partial charge in [-0.1, -0.05) is 23.7 Å². The Morgan fingerprint density at radius 2 is 1.87 bits per heavy atom. The summed E-state index contributed by atoms with van der Waals surface area (Å²) in [7, 11) is 0. The van der Waals surface area contributed by atoms with E-state index in [0.717, 1.165) is 33.7 Å². The predicted molar refractivity (Wildman–Crippen MR) is 92.4 cm³/mol. The van der Waals surface area contributed by atoms with E-state index in [1.807, 2.05) is 62.4 Å². The molecule has 0 fully saturated rings. The van der Waals surface area contributed by atoms with Crippen LogP contribution in [0.2, 0.25) is 5.02 Å². The van der Waals surface area contributed by atoms with Gasteiger partial charge in [-0.25, -0.2) is 0 Å². The second-order valence-electron chi connectivity index (χ2n) is 5.03. The number of anilines is 2. The third-order valence-electron chi connectivity index (χ3n) is 3.36. The number of para-hydroxylation sites is 2. The van der Waals surface area contributed by atoms with Crippen molar-refractivity contribution in [2.24, 2.45) is 0 Å². The molecule has 0 spiro atoms. The third kappa shape index (κ3) is 3.87. The SMILES string of the molecule is CCOc1ccccc1Nc1cc(C)nc2ccc(Cl)cc12.[Cl-]. The first kappa shape index (κ1) is 17.4. The van der Waals surface area contributed by atoms with Gasteiger partial charge in [0.15, 0.2) is 0 Å². The standard InChI is InChI=1S/C18H17ClN2O.ClH/c1-3-22-18-7-5-4-6-16(18)21-17-10-12(2)20-15-9-8-13(19)11-14(15)17;/h4-11H,3H2,1-2H3,(H,20,21);1H/p-1. The van der Waals surface area contributed by atoms with Gasteiger partial charge >= 0.3 is 0 Å². The van der Waals surface area contributed by atoms with Gasteiger partial charge < -0.3 is 22.5 Å². The number of nitrogens with zero attached hydrogens (tertiary/aromatic N) is 1. The van der Waals surface area contributed by atoms with Crippen LogP contribution in [0, 0.1) is 6.92 Å². The first-order chi connectivity index (χ1) is 10.7. The van der Waals surface area contributed by atoms with Crippen molar-refractivity contribution in [3.05, 3.63) is 59.2 Å². The van der Waals surface area contributed by atoms with Crippen molar-refractivity contribution in [3.63, 3.8) is 0 Å². The van der Waals surface area contributed by atoms with E-state index in [4.69, 9.17) is 16.3 Å². The first-order valence-electron chi connectivity index (χ1n) is 7.23. The van der Waals surface area contributed by atoms with Crippen LogP contribution in [0.25, 0.3) is 10.9 Å². The Morgan fingerprint density at radius 1 is 1.09 bits per heavy atom. The van der Waals surface area contributed by atoms with Gasteiger partial charge in [0.25, 0.3) is 0 Å². The summed E-state index contributed by atoms with van der Waals surface area (Å²) in [6, 6.07) is 15.6. The molecule has 0 unspecified atom stereocenters. The molecule has 0 saturated heterocycles. The zero-order valence-corrected chi connectivity index (χ0v) is 14.4. The number of hydrogen-bond donors (Lipinski definition) is 1. The molecule has 3 aromatic rings. The van der Waals surface area contributed by atoms with Gasteiger partial charge in [-0.3, -0.25) is 4.98 Å². The molecule has 0 amide bonds. The Kier molecular flexibility index (Phi) is 5.69. The lowest BCUT2D eigenvalue weighted by Gasteiger charge is -2.14. The van der Waals surface area contributed by atoms with Crippen molar-refractivity contribution >= 4 is 33.9 Å². The van der Waals surface area contributed by atoms with E-state index in [2.05, 4.69) is 10.3 Å². The lowest BCUT2D eigenvalue weighted by molar-refractivity contribution is -0.00000494. The van der Waals surface area contributed by atoms with Crippen LogP contribution in [-0.2, 0) is 0 Å². The Hall–Kier alpha value is -1.97. The molecule has 3 nitrogen and oxygen atoms in total. The average Bonchev–Trinajstić information content (AvgIpc) is 2.50. The minimum absolute atomic E-state index is 0. The number of hydrogen-bond acceptors (Lipinski definition) is 3. The van der Waals surface area contributed by atoms with Crippen molar-refractivity contribution in [2.45, 2.75) is 13.8 Å². The van der Waals surface area contributed by atoms with Gasteiger partial charge in [-0.15, -0.1) is 0 Å². The number of aromatic nitrogens is 1. The van der Waals surface area contributed by atoms with E-state index >= 15 is 0 Å². The minimum atomic E-state index is 0. The highest BCUT2D eigenvalue weighted by Gasteiger charge is 2.08. The van der Waals surface area contributed by atoms with E-state index in [-0.39, 0.29) is 12.4 Å². The molecule has 120 valence electrons. The molecule has 5 heteroatoms. The van der Waals surface area contributed by atoms with Crippen LogP contribution in [0.5, 0.6) is 5.75 Å². The summed E-state index contributed by atoms with van der Waals surface area (Å²) in [4.78, 5) is 4.55. The molecule has 0 aliphatic carbocycles. The molecule has 1 aromatic heterocycles. The summed E-state index contributed by atoms with van der Waals surface area (Å²) in [6.07, 6.45) is 0. The second kappa shape index (κ2) is 7.53. The summed E-state index contributed by atoms with van der Waals surface area (Å²) in [5.41, 5.74) is 3.76. The summed E-state index contributed by atoms with van der Waals surface area (Å²) in [6.45, 7) is 4.58. The van der Waals surface area contributed by atoms with E-state index in [9.17, 15) is 0 Å². The Morgan fingerprint density at radius 3 is 2.65 bits per heavy atom. The van der Waals surface area contributed by atoms with E-state index in [1.54, 1.807) is 0 Å². The smallest absolute Gasteiger partial charge is 0.142 e. The van der Waals surface area contributed by atoms with Gasteiger partial charge in [0, 0.05) is 21.8 Å². The summed E-state index contributed by atoms with van der Waals surface area (Å²) in [5.74, 6) is 0.828. The van der Waals surface area contributed by atoms with Crippen LogP contribution in [0.1, 0.15) is 12.6 Å². The maximum Gasteiger partial charge on any atom is 0.142 e. The Bertz CT molecular complexity index is 821. The molecule has 3 rings (SSSR count). The van der Waals surface area contributed by atoms with Crippen molar-refractivity contribution in [1.29, 1.82) is 0 Å². The van der Waals surface area contributed by atoms with Crippen molar-refractivity contribution in [3.8, 4) is 5.75 Å². The molecule has 0 radical (unpaired) electrons. The Balaban J connectivity index is 0.00000192. The van der Waals surface area contributed by atoms with Crippen LogP contribution in [0.4, 0.5) is 11.4 Å². The molecule has 2 aromatic carbocycles. The maximum absolute atomic E-state index is 6.13. The fraction of sp³-hybridized carbons (Fsp3) is 0.167. The molecular weight excluding hydrogens is 331 g/mol. The lowest BCUT2D eigenvalue weighted by Crippen LogP contribution is -3.00. The van der Waals surface area contributed by atoms with Crippen LogP contribution in [0.3, 0.4) is 0 Å². The normalized spacial score (nSPS) is 10.2. The topological polar surface area (TPSA) is 34.1 Å². The summed E-state index contributed by atoms with van der Waals surface area (Å²) in [5, 5.41) is 5.13. The van der Waals surface area contributed by atoms with E-state index in [0.29, 0.717) is 11.6 Å². The van der Waals surface area contributed by atoms with Crippen molar-refractivity contribution < 1.29 is 17.1 Å². The lowest BCUT2D eigenvalue weighted by atomic mass is 10.1. The Labute approximate surface area is 147 Å². The monoisotopic (exact) mass is 347 g/mol. The third-order valence-corrected chi connectivity index (χ3v) is 3.59. The fourth-order valence-corrected chi connectivity index (χ4v) is 2.60. The predicted octanol–water partition coefficient (Wildman–Crippen LogP) is 2.34. The highest BCUT2D eigenvalue weighted by Crippen LogP contribution is 2.32. The van der Waals surface area contributed by atoms with Gasteiger partial charge in [0.1, 0.15) is 5.75 Å². The molecule has 1 heterocycles. The van der Waals surface area contributed by atoms with Crippen LogP contribution < -0.4 is 22.5 Å². The largest absolute Gasteiger partial charge is 1.00 e. The van der Waals surface area contributed by atoms with Crippen molar-refractivity contribution in [2.75, 3.05) is 11.9 Å². The second-order valence-corrected chi connectivity index (χ2v) is 5.46. The number of fused-ring (bicyclic) bond motifs is 1. The fourth-order valence-electron chi connectivity index (χ4n) is 2.43. The molecule has 0 aliphatic heterocycles. The summed E-state index contributed by atoms with van der Waals surface area (Å²) >= 11 is 6.13. The summed E-state index contributed by atoms with van der Waals surface area (Å²) < 4.78 is 5.67. The van der Waals surface area contributed by atoms with Gasteiger partial charge in [-0.2, -0.15) is 0 Å². The van der Waals surface area contributed by atoms with Crippen molar-refractivity contribution in [1.82, 2.24) is 4.98 Å². The molecule has 1 N–H and O–H groups in total. The number of ether oxygens (including phenoxy) is 1. The number of halogens is 2.